The lowest BCUT2D eigenvalue weighted by Crippen LogP contribution is -2.02. The Labute approximate surface area is 118 Å². The molecule has 0 aliphatic carbocycles. The van der Waals surface area contributed by atoms with Crippen molar-refractivity contribution in [1.29, 1.82) is 0 Å². The number of hydrogen-bond acceptors (Lipinski definition) is 5. The van der Waals surface area contributed by atoms with Gasteiger partial charge in [0, 0.05) is 13.1 Å². The number of benzene rings is 1. The van der Waals surface area contributed by atoms with Crippen LogP contribution in [0.3, 0.4) is 0 Å². The number of rotatable bonds is 4. The summed E-state index contributed by atoms with van der Waals surface area (Å²) < 4.78 is 19.4. The van der Waals surface area contributed by atoms with Crippen molar-refractivity contribution in [2.24, 2.45) is 0 Å². The number of aromatic nitrogens is 2. The van der Waals surface area contributed by atoms with E-state index in [1.807, 2.05) is 0 Å². The lowest BCUT2D eigenvalue weighted by molar-refractivity contribution is 0.414. The number of methoxy groups -OCH3 is 1. The first kappa shape index (κ1) is 13.5. The van der Waals surface area contributed by atoms with Gasteiger partial charge in [-0.1, -0.05) is 0 Å². The highest BCUT2D eigenvalue weighted by atomic mass is 79.9. The van der Waals surface area contributed by atoms with Crippen LogP contribution in [0.2, 0.25) is 0 Å². The van der Waals surface area contributed by atoms with Crippen molar-refractivity contribution < 1.29 is 9.13 Å². The Bertz CT molecular complexity index is 594. The highest BCUT2D eigenvalue weighted by Crippen LogP contribution is 2.30. The monoisotopic (exact) mass is 326 g/mol. The molecular weight excluding hydrogens is 315 g/mol. The zero-order valence-corrected chi connectivity index (χ0v) is 12.0. The van der Waals surface area contributed by atoms with Crippen molar-refractivity contribution in [3.05, 3.63) is 34.8 Å². The van der Waals surface area contributed by atoms with Crippen LogP contribution in [0.4, 0.5) is 21.7 Å². The van der Waals surface area contributed by atoms with Crippen LogP contribution in [0.15, 0.2) is 29.0 Å². The lowest BCUT2D eigenvalue weighted by atomic mass is 10.3. The van der Waals surface area contributed by atoms with Gasteiger partial charge in [0.15, 0.2) is 0 Å². The van der Waals surface area contributed by atoms with Gasteiger partial charge in [0.1, 0.15) is 34.0 Å². The van der Waals surface area contributed by atoms with E-state index in [1.165, 1.54) is 19.5 Å². The third-order valence-electron chi connectivity index (χ3n) is 2.45. The molecule has 2 N–H and O–H groups in total. The summed E-state index contributed by atoms with van der Waals surface area (Å²) in [7, 11) is 3.26. The van der Waals surface area contributed by atoms with Crippen LogP contribution >= 0.6 is 15.9 Å². The molecule has 0 atom stereocenters. The van der Waals surface area contributed by atoms with Crippen LogP contribution in [0.1, 0.15) is 0 Å². The molecular formula is C12H12BrFN4O. The second-order valence-electron chi connectivity index (χ2n) is 3.61. The van der Waals surface area contributed by atoms with Crippen molar-refractivity contribution in [1.82, 2.24) is 9.97 Å². The fourth-order valence-electron chi connectivity index (χ4n) is 1.49. The van der Waals surface area contributed by atoms with Crippen LogP contribution in [0.25, 0.3) is 0 Å². The summed E-state index contributed by atoms with van der Waals surface area (Å²) in [6, 6.07) is 4.44. The van der Waals surface area contributed by atoms with Crippen LogP contribution in [0, 0.1) is 5.82 Å². The molecule has 0 radical (unpaired) electrons. The maximum absolute atomic E-state index is 13.7. The Morgan fingerprint density at radius 2 is 2.00 bits per heavy atom. The normalized spacial score (nSPS) is 10.1. The van der Waals surface area contributed by atoms with Crippen molar-refractivity contribution in [3.63, 3.8) is 0 Å². The Morgan fingerprint density at radius 3 is 2.68 bits per heavy atom. The van der Waals surface area contributed by atoms with E-state index in [0.29, 0.717) is 21.9 Å². The summed E-state index contributed by atoms with van der Waals surface area (Å²) in [5.41, 5.74) is 0.279. The molecule has 0 aliphatic rings. The SMILES string of the molecule is CNc1ncnc(Nc2cc(OC)ccc2F)c1Br. The maximum atomic E-state index is 13.7. The predicted molar refractivity (Wildman–Crippen MR) is 75.5 cm³/mol. The van der Waals surface area contributed by atoms with E-state index in [0.717, 1.165) is 0 Å². The van der Waals surface area contributed by atoms with E-state index >= 15 is 0 Å². The van der Waals surface area contributed by atoms with Gasteiger partial charge in [-0.15, -0.1) is 0 Å². The molecule has 0 fully saturated rings. The topological polar surface area (TPSA) is 59.1 Å². The molecule has 19 heavy (non-hydrogen) atoms. The third kappa shape index (κ3) is 2.93. The largest absolute Gasteiger partial charge is 0.497 e. The molecule has 1 aromatic carbocycles. The Morgan fingerprint density at radius 1 is 1.26 bits per heavy atom. The molecule has 0 saturated carbocycles. The van der Waals surface area contributed by atoms with Crippen LogP contribution in [-0.2, 0) is 0 Å². The van der Waals surface area contributed by atoms with Crippen molar-refractivity contribution >= 4 is 33.3 Å². The number of nitrogens with one attached hydrogen (secondary N) is 2. The zero-order chi connectivity index (χ0) is 13.8. The molecule has 0 bridgehead atoms. The molecule has 0 spiro atoms. The minimum Gasteiger partial charge on any atom is -0.497 e. The van der Waals surface area contributed by atoms with Crippen LogP contribution in [-0.4, -0.2) is 24.1 Å². The Hall–Kier alpha value is -1.89. The van der Waals surface area contributed by atoms with E-state index in [-0.39, 0.29) is 5.69 Å². The molecule has 5 nitrogen and oxygen atoms in total. The summed E-state index contributed by atoms with van der Waals surface area (Å²) in [5, 5.41) is 5.80. The van der Waals surface area contributed by atoms with Crippen molar-refractivity contribution in [3.8, 4) is 5.75 Å². The van der Waals surface area contributed by atoms with Gasteiger partial charge in [0.2, 0.25) is 0 Å². The van der Waals surface area contributed by atoms with Gasteiger partial charge in [0.25, 0.3) is 0 Å². The summed E-state index contributed by atoms with van der Waals surface area (Å²) in [4.78, 5) is 8.09. The predicted octanol–water partition coefficient (Wildman–Crippen LogP) is 3.17. The molecule has 2 rings (SSSR count). The standard InChI is InChI=1S/C12H12BrFN4O/c1-15-11-10(13)12(17-6-16-11)18-9-5-7(19-2)3-4-8(9)14/h3-6H,1-2H3,(H2,15,16,17,18). The smallest absolute Gasteiger partial charge is 0.150 e. The van der Waals surface area contributed by atoms with Crippen LogP contribution < -0.4 is 15.4 Å². The minimum atomic E-state index is -0.391. The fourth-order valence-corrected chi connectivity index (χ4v) is 1.99. The van der Waals surface area contributed by atoms with Crippen molar-refractivity contribution in [2.45, 2.75) is 0 Å². The summed E-state index contributed by atoms with van der Waals surface area (Å²) in [6.07, 6.45) is 1.39. The first-order valence-corrected chi connectivity index (χ1v) is 6.23. The minimum absolute atomic E-state index is 0.279. The summed E-state index contributed by atoms with van der Waals surface area (Å²) in [5.74, 6) is 1.24. The van der Waals surface area contributed by atoms with Gasteiger partial charge in [-0.05, 0) is 28.1 Å². The van der Waals surface area contributed by atoms with Gasteiger partial charge >= 0.3 is 0 Å². The highest BCUT2D eigenvalue weighted by Gasteiger charge is 2.10. The number of anilines is 3. The number of nitrogens with zero attached hydrogens (tertiary/aromatic N) is 2. The first-order chi connectivity index (χ1) is 9.15. The van der Waals surface area contributed by atoms with Gasteiger partial charge in [0.05, 0.1) is 12.8 Å². The van der Waals surface area contributed by atoms with Gasteiger partial charge in [-0.25, -0.2) is 14.4 Å². The molecule has 1 aromatic heterocycles. The molecule has 0 saturated heterocycles. The second kappa shape index (κ2) is 5.83. The average molecular weight is 327 g/mol. The van der Waals surface area contributed by atoms with E-state index in [2.05, 4.69) is 36.5 Å². The summed E-state index contributed by atoms with van der Waals surface area (Å²) >= 11 is 3.36. The second-order valence-corrected chi connectivity index (χ2v) is 4.40. The molecule has 7 heteroatoms. The Balaban J connectivity index is 2.36. The van der Waals surface area contributed by atoms with E-state index in [4.69, 9.17) is 4.74 Å². The highest BCUT2D eigenvalue weighted by molar-refractivity contribution is 9.10. The van der Waals surface area contributed by atoms with E-state index < -0.39 is 5.82 Å². The number of ether oxygens (including phenoxy) is 1. The number of halogens is 2. The first-order valence-electron chi connectivity index (χ1n) is 5.44. The molecule has 1 heterocycles. The van der Waals surface area contributed by atoms with Crippen LogP contribution in [0.5, 0.6) is 5.75 Å². The maximum Gasteiger partial charge on any atom is 0.150 e. The molecule has 2 aromatic rings. The van der Waals surface area contributed by atoms with Gasteiger partial charge in [-0.3, -0.25) is 0 Å². The van der Waals surface area contributed by atoms with Crippen molar-refractivity contribution in [2.75, 3.05) is 24.8 Å². The van der Waals surface area contributed by atoms with E-state index in [9.17, 15) is 4.39 Å². The zero-order valence-electron chi connectivity index (χ0n) is 10.4. The lowest BCUT2D eigenvalue weighted by Gasteiger charge is -2.11. The summed E-state index contributed by atoms with van der Waals surface area (Å²) in [6.45, 7) is 0. The Kier molecular flexibility index (Phi) is 4.16. The van der Waals surface area contributed by atoms with Gasteiger partial charge < -0.3 is 15.4 Å². The average Bonchev–Trinajstić information content (AvgIpc) is 2.43. The molecule has 100 valence electrons. The molecule has 0 unspecified atom stereocenters. The molecule has 0 amide bonds. The quantitative estimate of drug-likeness (QED) is 0.903. The third-order valence-corrected chi connectivity index (χ3v) is 3.20. The van der Waals surface area contributed by atoms with Gasteiger partial charge in [-0.2, -0.15) is 0 Å². The fraction of sp³-hybridized carbons (Fsp3) is 0.167. The van der Waals surface area contributed by atoms with E-state index in [1.54, 1.807) is 19.2 Å². The number of hydrogen-bond donors (Lipinski definition) is 2. The molecule has 0 aliphatic heterocycles.